The predicted molar refractivity (Wildman–Crippen MR) is 58.4 cm³/mol. The summed E-state index contributed by atoms with van der Waals surface area (Å²) in [4.78, 5) is 11.4. The highest BCUT2D eigenvalue weighted by Crippen LogP contribution is 2.28. The van der Waals surface area contributed by atoms with Gasteiger partial charge in [-0.2, -0.15) is 0 Å². The van der Waals surface area contributed by atoms with Crippen molar-refractivity contribution in [3.05, 3.63) is 35.6 Å². The van der Waals surface area contributed by atoms with Gasteiger partial charge < -0.3 is 5.32 Å². The van der Waals surface area contributed by atoms with Crippen LogP contribution < -0.4 is 5.32 Å². The zero-order valence-electron chi connectivity index (χ0n) is 6.86. The third-order valence-corrected chi connectivity index (χ3v) is 3.05. The zero-order valence-corrected chi connectivity index (χ0v) is 8.57. The first-order valence-corrected chi connectivity index (χ1v) is 5.40. The van der Waals surface area contributed by atoms with Crippen molar-refractivity contribution in [1.82, 2.24) is 5.32 Å². The SMILES string of the molecule is O=C1SC(S)NC1=C1C=CCC=C1. The lowest BCUT2D eigenvalue weighted by atomic mass is 10.1. The lowest BCUT2D eigenvalue weighted by molar-refractivity contribution is -0.107. The number of carbonyl (C=O) groups is 1. The summed E-state index contributed by atoms with van der Waals surface area (Å²) in [5.41, 5.74) is 1.64. The minimum absolute atomic E-state index is 0.0752. The van der Waals surface area contributed by atoms with Crippen LogP contribution >= 0.6 is 24.4 Å². The first-order valence-electron chi connectivity index (χ1n) is 4.00. The highest BCUT2D eigenvalue weighted by atomic mass is 32.2. The molecule has 0 radical (unpaired) electrons. The third-order valence-electron chi connectivity index (χ3n) is 1.85. The van der Waals surface area contributed by atoms with E-state index in [2.05, 4.69) is 17.9 Å². The van der Waals surface area contributed by atoms with Crippen LogP contribution in [-0.4, -0.2) is 9.82 Å². The smallest absolute Gasteiger partial charge is 0.238 e. The minimum Gasteiger partial charge on any atom is -0.361 e. The molecule has 4 heteroatoms. The molecule has 2 nitrogen and oxygen atoms in total. The summed E-state index contributed by atoms with van der Waals surface area (Å²) in [6.45, 7) is 0. The molecule has 2 aliphatic rings. The van der Waals surface area contributed by atoms with Gasteiger partial charge in [0.1, 0.15) is 4.71 Å². The molecule has 13 heavy (non-hydrogen) atoms. The van der Waals surface area contributed by atoms with Gasteiger partial charge in [0.2, 0.25) is 5.12 Å². The predicted octanol–water partition coefficient (Wildman–Crippen LogP) is 1.83. The van der Waals surface area contributed by atoms with Crippen LogP contribution in [0.3, 0.4) is 0 Å². The Bertz CT molecular complexity index is 317. The first-order chi connectivity index (χ1) is 6.27. The van der Waals surface area contributed by atoms with Gasteiger partial charge in [0.05, 0.1) is 5.70 Å². The molecular formula is C9H9NOS2. The molecule has 0 saturated carbocycles. The molecule has 0 bridgehead atoms. The molecule has 0 aromatic rings. The molecule has 1 N–H and O–H groups in total. The molecule has 0 amide bonds. The Kier molecular flexibility index (Phi) is 2.51. The van der Waals surface area contributed by atoms with Crippen LogP contribution in [0.15, 0.2) is 35.6 Å². The summed E-state index contributed by atoms with van der Waals surface area (Å²) in [7, 11) is 0. The normalized spacial score (nSPS) is 26.8. The average Bonchev–Trinajstić information content (AvgIpc) is 2.47. The molecule has 1 fully saturated rings. The molecule has 0 aromatic carbocycles. The fourth-order valence-corrected chi connectivity index (χ4v) is 2.35. The van der Waals surface area contributed by atoms with Crippen LogP contribution in [0.2, 0.25) is 0 Å². The monoisotopic (exact) mass is 211 g/mol. The number of thioether (sulfide) groups is 1. The van der Waals surface area contributed by atoms with E-state index in [1.54, 1.807) is 0 Å². The van der Waals surface area contributed by atoms with Crippen LogP contribution in [0, 0.1) is 0 Å². The van der Waals surface area contributed by atoms with E-state index in [0.29, 0.717) is 5.70 Å². The van der Waals surface area contributed by atoms with E-state index < -0.39 is 0 Å². The highest BCUT2D eigenvalue weighted by molar-refractivity contribution is 8.21. The van der Waals surface area contributed by atoms with Crippen LogP contribution in [0.25, 0.3) is 0 Å². The lowest BCUT2D eigenvalue weighted by Gasteiger charge is -2.05. The summed E-state index contributed by atoms with van der Waals surface area (Å²) < 4.78 is -0.0984. The van der Waals surface area contributed by atoms with Gasteiger partial charge in [0.15, 0.2) is 0 Å². The van der Waals surface area contributed by atoms with Crippen molar-refractivity contribution in [2.24, 2.45) is 0 Å². The summed E-state index contributed by atoms with van der Waals surface area (Å²) >= 11 is 5.39. The van der Waals surface area contributed by atoms with Crippen molar-refractivity contribution < 1.29 is 4.79 Å². The van der Waals surface area contributed by atoms with Crippen molar-refractivity contribution in [2.45, 2.75) is 11.1 Å². The fourth-order valence-electron chi connectivity index (χ4n) is 1.26. The summed E-state index contributed by atoms with van der Waals surface area (Å²) in [5.74, 6) is 0. The topological polar surface area (TPSA) is 29.1 Å². The van der Waals surface area contributed by atoms with Crippen LogP contribution in [0.5, 0.6) is 0 Å². The van der Waals surface area contributed by atoms with Crippen molar-refractivity contribution in [3.63, 3.8) is 0 Å². The number of hydrogen-bond donors (Lipinski definition) is 2. The lowest BCUT2D eigenvalue weighted by Crippen LogP contribution is -2.14. The number of rotatable bonds is 0. The third kappa shape index (κ3) is 1.84. The van der Waals surface area contributed by atoms with E-state index in [9.17, 15) is 4.79 Å². The Morgan fingerprint density at radius 1 is 1.46 bits per heavy atom. The van der Waals surface area contributed by atoms with E-state index in [1.807, 2.05) is 24.3 Å². The molecule has 1 heterocycles. The van der Waals surface area contributed by atoms with E-state index in [1.165, 1.54) is 11.8 Å². The molecule has 1 aliphatic heterocycles. The molecule has 1 saturated heterocycles. The van der Waals surface area contributed by atoms with Crippen molar-refractivity contribution >= 4 is 29.5 Å². The Labute approximate surface area is 86.6 Å². The van der Waals surface area contributed by atoms with E-state index in [0.717, 1.165) is 12.0 Å². The maximum Gasteiger partial charge on any atom is 0.238 e. The van der Waals surface area contributed by atoms with Crippen molar-refractivity contribution in [2.75, 3.05) is 0 Å². The molecule has 68 valence electrons. The second-order valence-electron chi connectivity index (χ2n) is 2.77. The van der Waals surface area contributed by atoms with E-state index in [-0.39, 0.29) is 9.82 Å². The molecule has 1 aliphatic carbocycles. The quantitative estimate of drug-likeness (QED) is 0.473. The molecule has 2 rings (SSSR count). The minimum atomic E-state index is -0.0984. The number of nitrogens with one attached hydrogen (secondary N) is 1. The molecule has 1 atom stereocenters. The van der Waals surface area contributed by atoms with E-state index >= 15 is 0 Å². The highest BCUT2D eigenvalue weighted by Gasteiger charge is 2.26. The maximum absolute atomic E-state index is 11.4. The van der Waals surface area contributed by atoms with Crippen LogP contribution in [-0.2, 0) is 4.79 Å². The van der Waals surface area contributed by atoms with Crippen LogP contribution in [0.1, 0.15) is 6.42 Å². The number of allylic oxidation sites excluding steroid dienone is 5. The van der Waals surface area contributed by atoms with Gasteiger partial charge in [-0.05, 0) is 18.2 Å². The van der Waals surface area contributed by atoms with Crippen LogP contribution in [0.4, 0.5) is 0 Å². The number of thiol groups is 1. The van der Waals surface area contributed by atoms with Gasteiger partial charge in [-0.15, -0.1) is 12.6 Å². The second kappa shape index (κ2) is 3.64. The zero-order chi connectivity index (χ0) is 9.26. The van der Waals surface area contributed by atoms with Gasteiger partial charge >= 0.3 is 0 Å². The van der Waals surface area contributed by atoms with Gasteiger partial charge in [0, 0.05) is 5.57 Å². The average molecular weight is 211 g/mol. The maximum atomic E-state index is 11.4. The Hall–Kier alpha value is -0.610. The summed E-state index contributed by atoms with van der Waals surface area (Å²) in [6, 6.07) is 0. The molecular weight excluding hydrogens is 202 g/mol. The molecule has 0 spiro atoms. The number of carbonyl (C=O) groups excluding carboxylic acids is 1. The van der Waals surface area contributed by atoms with Gasteiger partial charge in [0.25, 0.3) is 0 Å². The Morgan fingerprint density at radius 2 is 2.15 bits per heavy atom. The fraction of sp³-hybridized carbons (Fsp3) is 0.222. The van der Waals surface area contributed by atoms with E-state index in [4.69, 9.17) is 0 Å². The Morgan fingerprint density at radius 3 is 2.69 bits per heavy atom. The number of hydrogen-bond acceptors (Lipinski definition) is 4. The van der Waals surface area contributed by atoms with Gasteiger partial charge in [-0.3, -0.25) is 4.79 Å². The summed E-state index contributed by atoms with van der Waals surface area (Å²) in [5, 5.41) is 3.10. The van der Waals surface area contributed by atoms with Gasteiger partial charge in [-0.1, -0.05) is 24.3 Å². The van der Waals surface area contributed by atoms with Crippen molar-refractivity contribution in [3.8, 4) is 0 Å². The molecule has 0 aromatic heterocycles. The molecule has 1 unspecified atom stereocenters. The van der Waals surface area contributed by atoms with Crippen molar-refractivity contribution in [1.29, 1.82) is 0 Å². The second-order valence-corrected chi connectivity index (χ2v) is 4.72. The standard InChI is InChI=1S/C9H9NOS2/c11-8-7(10-9(12)13-8)6-4-2-1-3-5-6/h2-5,9-10,12H,1H2. The summed E-state index contributed by atoms with van der Waals surface area (Å²) in [6.07, 6.45) is 8.95. The first kappa shape index (κ1) is 8.97. The largest absolute Gasteiger partial charge is 0.361 e. The Balaban J connectivity index is 2.32. The van der Waals surface area contributed by atoms with Gasteiger partial charge in [-0.25, -0.2) is 0 Å².